The van der Waals surface area contributed by atoms with Crippen molar-refractivity contribution in [3.05, 3.63) is 35.5 Å². The third-order valence-corrected chi connectivity index (χ3v) is 3.67. The molecule has 1 heterocycles. The molecular formula is C15H21N3. The number of nitrogen functional groups attached to an aromatic ring is 1. The van der Waals surface area contributed by atoms with Crippen molar-refractivity contribution in [3.8, 4) is 11.3 Å². The first kappa shape index (κ1) is 12.7. The molecule has 0 bridgehead atoms. The number of nitrogens with two attached hydrogens (primary N) is 1. The van der Waals surface area contributed by atoms with Gasteiger partial charge in [-0.15, -0.1) is 0 Å². The summed E-state index contributed by atoms with van der Waals surface area (Å²) in [7, 11) is 1.95. The van der Waals surface area contributed by atoms with Crippen LogP contribution in [-0.2, 0) is 7.05 Å². The van der Waals surface area contributed by atoms with Crippen LogP contribution in [0.5, 0.6) is 0 Å². The summed E-state index contributed by atoms with van der Waals surface area (Å²) in [5.41, 5.74) is 10.5. The average Bonchev–Trinajstić information content (AvgIpc) is 2.63. The first-order valence-electron chi connectivity index (χ1n) is 6.43. The van der Waals surface area contributed by atoms with Crippen LogP contribution in [0.1, 0.15) is 37.4 Å². The number of hydrogen-bond donors (Lipinski definition) is 1. The van der Waals surface area contributed by atoms with Crippen LogP contribution in [0.15, 0.2) is 24.3 Å². The Kier molecular flexibility index (Phi) is 3.41. The minimum absolute atomic E-state index is 0.563. The second-order valence-electron chi connectivity index (χ2n) is 4.89. The van der Waals surface area contributed by atoms with Crippen molar-refractivity contribution in [3.63, 3.8) is 0 Å². The third-order valence-electron chi connectivity index (χ3n) is 3.67. The smallest absolute Gasteiger partial charge is 0.200 e. The predicted octanol–water partition coefficient (Wildman–Crippen LogP) is 3.49. The first-order valence-corrected chi connectivity index (χ1v) is 6.43. The van der Waals surface area contributed by atoms with Crippen LogP contribution < -0.4 is 5.73 Å². The summed E-state index contributed by atoms with van der Waals surface area (Å²) < 4.78 is 1.94. The minimum atomic E-state index is 0.563. The van der Waals surface area contributed by atoms with Crippen molar-refractivity contribution in [2.75, 3.05) is 5.73 Å². The van der Waals surface area contributed by atoms with Gasteiger partial charge in [0, 0.05) is 12.6 Å². The Morgan fingerprint density at radius 2 is 1.89 bits per heavy atom. The molecule has 2 N–H and O–H groups in total. The molecule has 96 valence electrons. The fourth-order valence-corrected chi connectivity index (χ4v) is 2.26. The number of aryl methyl sites for hydroxylation is 1. The Balaban J connectivity index is 2.40. The van der Waals surface area contributed by atoms with Crippen molar-refractivity contribution in [1.82, 2.24) is 9.55 Å². The summed E-state index contributed by atoms with van der Waals surface area (Å²) >= 11 is 0. The molecule has 1 atom stereocenters. The van der Waals surface area contributed by atoms with Gasteiger partial charge in [0.2, 0.25) is 5.95 Å². The number of imidazole rings is 1. The van der Waals surface area contributed by atoms with E-state index in [0.29, 0.717) is 11.9 Å². The maximum atomic E-state index is 5.83. The number of hydrogen-bond acceptors (Lipinski definition) is 2. The molecule has 3 nitrogen and oxygen atoms in total. The molecular weight excluding hydrogens is 222 g/mol. The van der Waals surface area contributed by atoms with Crippen LogP contribution in [0.2, 0.25) is 0 Å². The quantitative estimate of drug-likeness (QED) is 0.896. The van der Waals surface area contributed by atoms with Crippen LogP contribution in [0.3, 0.4) is 0 Å². The second kappa shape index (κ2) is 4.84. The monoisotopic (exact) mass is 243 g/mol. The van der Waals surface area contributed by atoms with Crippen LogP contribution in [0.25, 0.3) is 11.3 Å². The van der Waals surface area contributed by atoms with Gasteiger partial charge < -0.3 is 10.3 Å². The van der Waals surface area contributed by atoms with E-state index in [0.717, 1.165) is 17.8 Å². The Morgan fingerprint density at radius 1 is 1.28 bits per heavy atom. The van der Waals surface area contributed by atoms with Crippen molar-refractivity contribution >= 4 is 5.95 Å². The normalized spacial score (nSPS) is 12.7. The SMILES string of the molecule is CCC(C)c1ccc(-c2c(C)nc(N)n2C)cc1. The lowest BCUT2D eigenvalue weighted by atomic mass is 9.97. The van der Waals surface area contributed by atoms with Gasteiger partial charge in [-0.1, -0.05) is 38.1 Å². The molecule has 0 aliphatic rings. The zero-order chi connectivity index (χ0) is 13.3. The Labute approximate surface area is 109 Å². The van der Waals surface area contributed by atoms with Gasteiger partial charge in [-0.05, 0) is 24.8 Å². The van der Waals surface area contributed by atoms with E-state index in [1.54, 1.807) is 0 Å². The lowest BCUT2D eigenvalue weighted by molar-refractivity contribution is 0.734. The summed E-state index contributed by atoms with van der Waals surface area (Å²) in [6.45, 7) is 6.46. The highest BCUT2D eigenvalue weighted by atomic mass is 15.1. The molecule has 1 aromatic heterocycles. The lowest BCUT2D eigenvalue weighted by Gasteiger charge is -2.10. The molecule has 0 radical (unpaired) electrons. The van der Waals surface area contributed by atoms with Gasteiger partial charge in [-0.2, -0.15) is 0 Å². The van der Waals surface area contributed by atoms with E-state index >= 15 is 0 Å². The number of nitrogens with zero attached hydrogens (tertiary/aromatic N) is 2. The molecule has 0 saturated carbocycles. The van der Waals surface area contributed by atoms with Gasteiger partial charge >= 0.3 is 0 Å². The molecule has 1 unspecified atom stereocenters. The molecule has 3 heteroatoms. The molecule has 0 fully saturated rings. The molecule has 2 rings (SSSR count). The summed E-state index contributed by atoms with van der Waals surface area (Å²) in [5.74, 6) is 1.17. The van der Waals surface area contributed by atoms with Crippen molar-refractivity contribution in [2.45, 2.75) is 33.1 Å². The lowest BCUT2D eigenvalue weighted by Crippen LogP contribution is -1.99. The van der Waals surface area contributed by atoms with Crippen LogP contribution in [0, 0.1) is 6.92 Å². The fraction of sp³-hybridized carbons (Fsp3) is 0.400. The van der Waals surface area contributed by atoms with Crippen LogP contribution >= 0.6 is 0 Å². The van der Waals surface area contributed by atoms with E-state index < -0.39 is 0 Å². The maximum Gasteiger partial charge on any atom is 0.200 e. The van der Waals surface area contributed by atoms with Gasteiger partial charge in [0.25, 0.3) is 0 Å². The molecule has 1 aromatic carbocycles. The maximum absolute atomic E-state index is 5.83. The fourth-order valence-electron chi connectivity index (χ4n) is 2.26. The standard InChI is InChI=1S/C15H21N3/c1-5-10(2)12-6-8-13(9-7-12)14-11(3)17-15(16)18(14)4/h6-10H,5H2,1-4H3,(H2,16,17). The van der Waals surface area contributed by atoms with Gasteiger partial charge in [0.1, 0.15) is 0 Å². The number of anilines is 1. The highest BCUT2D eigenvalue weighted by Gasteiger charge is 2.11. The molecule has 0 aliphatic heterocycles. The Bertz CT molecular complexity index is 538. The van der Waals surface area contributed by atoms with Gasteiger partial charge in [0.05, 0.1) is 11.4 Å². The molecule has 0 saturated heterocycles. The van der Waals surface area contributed by atoms with Crippen LogP contribution in [-0.4, -0.2) is 9.55 Å². The summed E-state index contributed by atoms with van der Waals surface area (Å²) in [5, 5.41) is 0. The number of aromatic nitrogens is 2. The van der Waals surface area contributed by atoms with Crippen molar-refractivity contribution < 1.29 is 0 Å². The third kappa shape index (κ3) is 2.13. The van der Waals surface area contributed by atoms with Crippen molar-refractivity contribution in [1.29, 1.82) is 0 Å². The van der Waals surface area contributed by atoms with Crippen LogP contribution in [0.4, 0.5) is 5.95 Å². The molecule has 0 spiro atoms. The molecule has 18 heavy (non-hydrogen) atoms. The number of benzene rings is 1. The first-order chi connectivity index (χ1) is 8.54. The molecule has 2 aromatic rings. The predicted molar refractivity (Wildman–Crippen MR) is 76.5 cm³/mol. The average molecular weight is 243 g/mol. The van der Waals surface area contributed by atoms with Gasteiger partial charge in [0.15, 0.2) is 0 Å². The van der Waals surface area contributed by atoms with E-state index in [1.165, 1.54) is 11.1 Å². The summed E-state index contributed by atoms with van der Waals surface area (Å²) in [6, 6.07) is 8.72. The Morgan fingerprint density at radius 3 is 2.33 bits per heavy atom. The van der Waals surface area contributed by atoms with Gasteiger partial charge in [-0.25, -0.2) is 4.98 Å². The van der Waals surface area contributed by atoms with E-state index in [-0.39, 0.29) is 0 Å². The highest BCUT2D eigenvalue weighted by Crippen LogP contribution is 2.27. The summed E-state index contributed by atoms with van der Waals surface area (Å²) in [4.78, 5) is 4.30. The van der Waals surface area contributed by atoms with Crippen molar-refractivity contribution in [2.24, 2.45) is 7.05 Å². The van der Waals surface area contributed by atoms with E-state index in [9.17, 15) is 0 Å². The second-order valence-corrected chi connectivity index (χ2v) is 4.89. The molecule has 0 aliphatic carbocycles. The van der Waals surface area contributed by atoms with E-state index in [2.05, 4.69) is 43.1 Å². The van der Waals surface area contributed by atoms with E-state index in [1.807, 2.05) is 18.5 Å². The largest absolute Gasteiger partial charge is 0.369 e. The summed E-state index contributed by atoms with van der Waals surface area (Å²) in [6.07, 6.45) is 1.16. The zero-order valence-electron chi connectivity index (χ0n) is 11.6. The molecule has 0 amide bonds. The number of rotatable bonds is 3. The highest BCUT2D eigenvalue weighted by molar-refractivity contribution is 5.65. The Hall–Kier alpha value is -1.77. The minimum Gasteiger partial charge on any atom is -0.369 e. The van der Waals surface area contributed by atoms with E-state index in [4.69, 9.17) is 5.73 Å². The topological polar surface area (TPSA) is 43.8 Å². The van der Waals surface area contributed by atoms with Gasteiger partial charge in [-0.3, -0.25) is 0 Å². The zero-order valence-corrected chi connectivity index (χ0v) is 11.6.